The van der Waals surface area contributed by atoms with Crippen molar-refractivity contribution in [2.24, 2.45) is 5.92 Å². The molecule has 0 atom stereocenters. The van der Waals surface area contributed by atoms with Gasteiger partial charge in [-0.2, -0.15) is 0 Å². The summed E-state index contributed by atoms with van der Waals surface area (Å²) in [4.78, 5) is 23.0. The maximum atomic E-state index is 11.5. The predicted octanol–water partition coefficient (Wildman–Crippen LogP) is 2.51. The first kappa shape index (κ1) is 10.4. The molecule has 0 spiro atoms. The number of Topliss-reactive ketones (excluding diaryl/α,β-unsaturated/α-hetero) is 2. The van der Waals surface area contributed by atoms with E-state index in [9.17, 15) is 9.59 Å². The zero-order chi connectivity index (χ0) is 9.68. The third-order valence-corrected chi connectivity index (χ3v) is 2.72. The van der Waals surface area contributed by atoms with Gasteiger partial charge in [-0.15, -0.1) is 0 Å². The summed E-state index contributed by atoms with van der Waals surface area (Å²) in [6.07, 6.45) is 5.92. The van der Waals surface area contributed by atoms with Crippen LogP contribution in [0.1, 0.15) is 51.9 Å². The van der Waals surface area contributed by atoms with Crippen molar-refractivity contribution in [2.75, 3.05) is 0 Å². The zero-order valence-corrected chi connectivity index (χ0v) is 8.34. The van der Waals surface area contributed by atoms with Crippen molar-refractivity contribution in [3.8, 4) is 0 Å². The van der Waals surface area contributed by atoms with Crippen LogP contribution in [0.15, 0.2) is 0 Å². The average molecular weight is 182 g/mol. The smallest absolute Gasteiger partial charge is 0.143 e. The second kappa shape index (κ2) is 5.15. The second-order valence-corrected chi connectivity index (χ2v) is 3.83. The summed E-state index contributed by atoms with van der Waals surface area (Å²) < 4.78 is 0. The summed E-state index contributed by atoms with van der Waals surface area (Å²) >= 11 is 0. The van der Waals surface area contributed by atoms with E-state index >= 15 is 0 Å². The number of hydrogen-bond donors (Lipinski definition) is 0. The summed E-state index contributed by atoms with van der Waals surface area (Å²) in [5.74, 6) is 0.134. The predicted molar refractivity (Wildman–Crippen MR) is 51.5 cm³/mol. The maximum Gasteiger partial charge on any atom is 0.143 e. The molecule has 1 fully saturated rings. The summed E-state index contributed by atoms with van der Waals surface area (Å²) in [6, 6.07) is 0. The van der Waals surface area contributed by atoms with Crippen molar-refractivity contribution in [1.29, 1.82) is 0 Å². The summed E-state index contributed by atoms with van der Waals surface area (Å²) in [6.45, 7) is 2.09. The number of rotatable bonds is 3. The van der Waals surface area contributed by atoms with Gasteiger partial charge in [0.15, 0.2) is 0 Å². The van der Waals surface area contributed by atoms with E-state index in [0.717, 1.165) is 32.1 Å². The molecule has 0 aromatic heterocycles. The Labute approximate surface area is 79.7 Å². The molecule has 0 bridgehead atoms. The molecule has 1 aliphatic carbocycles. The number of carbonyl (C=O) groups is 2. The maximum absolute atomic E-state index is 11.5. The molecule has 1 aliphatic rings. The van der Waals surface area contributed by atoms with Gasteiger partial charge in [-0.3, -0.25) is 9.59 Å². The van der Waals surface area contributed by atoms with Crippen molar-refractivity contribution in [3.05, 3.63) is 0 Å². The van der Waals surface area contributed by atoms with Crippen LogP contribution in [0.25, 0.3) is 0 Å². The van der Waals surface area contributed by atoms with Gasteiger partial charge in [0.05, 0.1) is 5.92 Å². The van der Waals surface area contributed by atoms with E-state index in [2.05, 4.69) is 6.92 Å². The molecule has 0 saturated heterocycles. The molecule has 74 valence electrons. The molecule has 0 aromatic rings. The van der Waals surface area contributed by atoms with Gasteiger partial charge in [-0.05, 0) is 19.3 Å². The van der Waals surface area contributed by atoms with Gasteiger partial charge < -0.3 is 0 Å². The van der Waals surface area contributed by atoms with Gasteiger partial charge >= 0.3 is 0 Å². The quantitative estimate of drug-likeness (QED) is 0.496. The minimum atomic E-state index is -0.248. The van der Waals surface area contributed by atoms with Crippen LogP contribution in [-0.4, -0.2) is 11.6 Å². The molecule has 2 nitrogen and oxygen atoms in total. The van der Waals surface area contributed by atoms with Crippen molar-refractivity contribution in [2.45, 2.75) is 51.9 Å². The molecule has 0 heterocycles. The fraction of sp³-hybridized carbons (Fsp3) is 0.818. The van der Waals surface area contributed by atoms with Crippen LogP contribution < -0.4 is 0 Å². The van der Waals surface area contributed by atoms with Gasteiger partial charge in [0.25, 0.3) is 0 Å². The van der Waals surface area contributed by atoms with Crippen molar-refractivity contribution in [3.63, 3.8) is 0 Å². The molecule has 0 radical (unpaired) electrons. The Bertz CT molecular complexity index is 178. The lowest BCUT2D eigenvalue weighted by molar-refractivity contribution is -0.132. The molecule has 0 aromatic carbocycles. The van der Waals surface area contributed by atoms with Crippen LogP contribution in [-0.2, 0) is 9.59 Å². The van der Waals surface area contributed by atoms with Gasteiger partial charge in [0.2, 0.25) is 0 Å². The summed E-state index contributed by atoms with van der Waals surface area (Å²) in [5, 5.41) is 0. The van der Waals surface area contributed by atoms with E-state index < -0.39 is 0 Å². The van der Waals surface area contributed by atoms with Gasteiger partial charge in [-0.25, -0.2) is 0 Å². The van der Waals surface area contributed by atoms with Crippen LogP contribution in [0.2, 0.25) is 0 Å². The lowest BCUT2D eigenvalue weighted by atomic mass is 9.92. The van der Waals surface area contributed by atoms with Crippen molar-refractivity contribution in [1.82, 2.24) is 0 Å². The number of unbranched alkanes of at least 4 members (excludes halogenated alkanes) is 1. The highest BCUT2D eigenvalue weighted by Gasteiger charge is 2.26. The Morgan fingerprint density at radius 3 is 2.15 bits per heavy atom. The van der Waals surface area contributed by atoms with Crippen LogP contribution in [0.3, 0.4) is 0 Å². The highest BCUT2D eigenvalue weighted by molar-refractivity contribution is 6.02. The normalized spacial score (nSPS) is 20.4. The van der Waals surface area contributed by atoms with Crippen LogP contribution in [0.5, 0.6) is 0 Å². The topological polar surface area (TPSA) is 34.1 Å². The fourth-order valence-electron chi connectivity index (χ4n) is 1.86. The highest BCUT2D eigenvalue weighted by Crippen LogP contribution is 2.21. The van der Waals surface area contributed by atoms with Gasteiger partial charge in [0, 0.05) is 12.8 Å². The van der Waals surface area contributed by atoms with Gasteiger partial charge in [0.1, 0.15) is 11.6 Å². The first-order valence-corrected chi connectivity index (χ1v) is 5.31. The third-order valence-electron chi connectivity index (χ3n) is 2.72. The third kappa shape index (κ3) is 2.94. The van der Waals surface area contributed by atoms with E-state index in [-0.39, 0.29) is 17.5 Å². The molecule has 1 rings (SSSR count). The Morgan fingerprint density at radius 2 is 1.69 bits per heavy atom. The molecule has 0 amide bonds. The van der Waals surface area contributed by atoms with E-state index in [1.165, 1.54) is 0 Å². The number of ketones is 2. The molecule has 13 heavy (non-hydrogen) atoms. The first-order chi connectivity index (χ1) is 6.25. The highest BCUT2D eigenvalue weighted by atomic mass is 16.1. The largest absolute Gasteiger partial charge is 0.299 e. The van der Waals surface area contributed by atoms with E-state index in [1.807, 2.05) is 0 Å². The summed E-state index contributed by atoms with van der Waals surface area (Å²) in [5.41, 5.74) is 0. The average Bonchev–Trinajstić information content (AvgIpc) is 2.26. The standard InChI is InChI=1S/C11H18O2/c1-2-3-6-9-10(12)7-4-5-8-11(9)13/h9H,2-8H2,1H3. The minimum absolute atomic E-state index is 0.191. The Hall–Kier alpha value is -0.660. The summed E-state index contributed by atoms with van der Waals surface area (Å²) in [7, 11) is 0. The second-order valence-electron chi connectivity index (χ2n) is 3.83. The lowest BCUT2D eigenvalue weighted by Crippen LogP contribution is -2.21. The number of carbonyl (C=O) groups excluding carboxylic acids is 2. The lowest BCUT2D eigenvalue weighted by Gasteiger charge is -2.10. The molecule has 2 heteroatoms. The molecule has 0 unspecified atom stereocenters. The Morgan fingerprint density at radius 1 is 1.15 bits per heavy atom. The fourth-order valence-corrected chi connectivity index (χ4v) is 1.86. The van der Waals surface area contributed by atoms with Crippen LogP contribution in [0.4, 0.5) is 0 Å². The van der Waals surface area contributed by atoms with E-state index in [4.69, 9.17) is 0 Å². The van der Waals surface area contributed by atoms with Crippen LogP contribution in [0, 0.1) is 5.92 Å². The van der Waals surface area contributed by atoms with Gasteiger partial charge in [-0.1, -0.05) is 19.8 Å². The molecule has 1 saturated carbocycles. The Balaban J connectivity index is 2.53. The van der Waals surface area contributed by atoms with Crippen LogP contribution >= 0.6 is 0 Å². The monoisotopic (exact) mass is 182 g/mol. The molecule has 0 aliphatic heterocycles. The molecular formula is C11H18O2. The SMILES string of the molecule is CCCCC1C(=O)CCCCC1=O. The zero-order valence-electron chi connectivity index (χ0n) is 8.34. The first-order valence-electron chi connectivity index (χ1n) is 5.31. The molecular weight excluding hydrogens is 164 g/mol. The van der Waals surface area contributed by atoms with Crippen molar-refractivity contribution >= 4 is 11.6 Å². The van der Waals surface area contributed by atoms with E-state index in [1.54, 1.807) is 0 Å². The number of hydrogen-bond acceptors (Lipinski definition) is 2. The van der Waals surface area contributed by atoms with Crippen molar-refractivity contribution < 1.29 is 9.59 Å². The minimum Gasteiger partial charge on any atom is -0.299 e. The molecule has 0 N–H and O–H groups in total. The van der Waals surface area contributed by atoms with E-state index in [0.29, 0.717) is 12.8 Å². The Kier molecular flexibility index (Phi) is 4.13.